The molecule has 0 fully saturated rings. The summed E-state index contributed by atoms with van der Waals surface area (Å²) >= 11 is 10.8. The highest BCUT2D eigenvalue weighted by Crippen LogP contribution is 2.46. The lowest BCUT2D eigenvalue weighted by atomic mass is 10.3. The van der Waals surface area contributed by atoms with Crippen molar-refractivity contribution in [1.29, 1.82) is 0 Å². The molecule has 0 amide bonds. The number of thiophene rings is 2. The zero-order chi connectivity index (χ0) is 13.9. The Morgan fingerprint density at radius 3 is 3.00 bits per heavy atom. The van der Waals surface area contributed by atoms with Crippen LogP contribution >= 0.6 is 34.4 Å². The maximum atomic E-state index is 5.38. The monoisotopic (exact) mass is 332 g/mol. The van der Waals surface area contributed by atoms with E-state index in [0.717, 1.165) is 4.91 Å². The smallest absolute Gasteiger partial charge is 0.123 e. The molecule has 0 saturated carbocycles. The minimum Gasteiger partial charge on any atom is -0.780 e. The van der Waals surface area contributed by atoms with Crippen molar-refractivity contribution >= 4 is 47.1 Å². The molecule has 2 aromatic rings. The zero-order valence-corrected chi connectivity index (χ0v) is 14.1. The standard InChI is InChI=1S/C16H13S4/c1-2-4-11(17)12-6-7-15(19-12)16-9-8-14(20-16)13-5-3-10-18-13/h2-10,17H,1H3/q-1/p-1. The average molecular weight is 333 g/mol. The molecule has 0 saturated heterocycles. The Morgan fingerprint density at radius 1 is 1.35 bits per heavy atom. The highest BCUT2D eigenvalue weighted by atomic mass is 32.2. The van der Waals surface area contributed by atoms with Gasteiger partial charge in [0, 0.05) is 0 Å². The van der Waals surface area contributed by atoms with Crippen LogP contribution in [0.15, 0.2) is 63.8 Å². The van der Waals surface area contributed by atoms with Crippen LogP contribution in [0.3, 0.4) is 0 Å². The molecule has 0 bridgehead atoms. The van der Waals surface area contributed by atoms with E-state index in [-0.39, 0.29) is 0 Å². The molecule has 0 aliphatic carbocycles. The van der Waals surface area contributed by atoms with Crippen LogP contribution in [0.1, 0.15) is 11.8 Å². The van der Waals surface area contributed by atoms with Gasteiger partial charge < -0.3 is 12.6 Å². The molecule has 1 aliphatic heterocycles. The largest absolute Gasteiger partial charge is 0.780 e. The van der Waals surface area contributed by atoms with Gasteiger partial charge in [0.25, 0.3) is 0 Å². The van der Waals surface area contributed by atoms with Crippen molar-refractivity contribution in [2.45, 2.75) is 6.92 Å². The van der Waals surface area contributed by atoms with Gasteiger partial charge in [-0.2, -0.15) is 47.0 Å². The lowest BCUT2D eigenvalue weighted by Gasteiger charge is -2.15. The van der Waals surface area contributed by atoms with Crippen molar-refractivity contribution in [1.82, 2.24) is 0 Å². The van der Waals surface area contributed by atoms with Gasteiger partial charge in [0.2, 0.25) is 0 Å². The molecule has 0 nitrogen and oxygen atoms in total. The van der Waals surface area contributed by atoms with Gasteiger partial charge in [0.15, 0.2) is 0 Å². The fraction of sp³-hybridized carbons (Fsp3) is 0.0625. The van der Waals surface area contributed by atoms with Crippen LogP contribution in [0.25, 0.3) is 9.75 Å². The average Bonchev–Trinajstić information content (AvgIpc) is 3.19. The summed E-state index contributed by atoms with van der Waals surface area (Å²) in [6.45, 7) is 1.99. The summed E-state index contributed by atoms with van der Waals surface area (Å²) in [5.74, 6) is 0. The SMILES string of the molecule is CC=CC([S-])=C1C=C[C-](c2cc[c-](-[c-]3ccc[s+]3)[s+]2)S1. The van der Waals surface area contributed by atoms with Gasteiger partial charge in [0.1, 0.15) is 9.75 Å². The Morgan fingerprint density at radius 2 is 2.25 bits per heavy atom. The number of allylic oxidation sites excluding steroid dienone is 3. The van der Waals surface area contributed by atoms with Gasteiger partial charge in [-0.25, -0.2) is 0 Å². The fourth-order valence-electron chi connectivity index (χ4n) is 1.86. The summed E-state index contributed by atoms with van der Waals surface area (Å²) in [6.07, 6.45) is 8.25. The highest BCUT2D eigenvalue weighted by molar-refractivity contribution is 8.07. The molecule has 4 heteroatoms. The molecule has 0 aromatic carbocycles. The molecule has 0 spiro atoms. The van der Waals surface area contributed by atoms with Crippen LogP contribution in [0, 0.1) is 5.25 Å². The van der Waals surface area contributed by atoms with E-state index in [1.807, 2.05) is 30.4 Å². The summed E-state index contributed by atoms with van der Waals surface area (Å²) in [6, 6.07) is 8.67. The Balaban J connectivity index is 1.80. The van der Waals surface area contributed by atoms with Gasteiger partial charge in [-0.3, -0.25) is 0 Å². The summed E-state index contributed by atoms with van der Waals surface area (Å²) in [4.78, 5) is 6.06. The minimum absolute atomic E-state index is 0.916. The first-order chi connectivity index (χ1) is 9.78. The van der Waals surface area contributed by atoms with Gasteiger partial charge in [-0.1, -0.05) is 22.3 Å². The predicted molar refractivity (Wildman–Crippen MR) is 95.9 cm³/mol. The Kier molecular flexibility index (Phi) is 4.36. The van der Waals surface area contributed by atoms with E-state index in [4.69, 9.17) is 12.6 Å². The first-order valence-corrected chi connectivity index (χ1v) is 9.11. The van der Waals surface area contributed by atoms with E-state index in [1.165, 1.54) is 24.8 Å². The van der Waals surface area contributed by atoms with E-state index in [0.29, 0.717) is 0 Å². The Bertz CT molecular complexity index is 671. The summed E-state index contributed by atoms with van der Waals surface area (Å²) in [5, 5.41) is 3.41. The predicted octanol–water partition coefficient (Wildman–Crippen LogP) is 5.99. The van der Waals surface area contributed by atoms with Crippen molar-refractivity contribution < 1.29 is 0 Å². The third-order valence-corrected chi connectivity index (χ3v) is 6.73. The molecule has 3 heterocycles. The topological polar surface area (TPSA) is 0 Å². The van der Waals surface area contributed by atoms with Gasteiger partial charge in [-0.05, 0) is 6.92 Å². The van der Waals surface area contributed by atoms with Crippen molar-refractivity contribution in [3.63, 3.8) is 0 Å². The van der Waals surface area contributed by atoms with Crippen molar-refractivity contribution in [3.05, 3.63) is 73.9 Å². The van der Waals surface area contributed by atoms with Crippen LogP contribution in [-0.4, -0.2) is 0 Å². The van der Waals surface area contributed by atoms with Crippen molar-refractivity contribution in [2.75, 3.05) is 0 Å². The maximum absolute atomic E-state index is 5.38. The molecule has 0 atom stereocenters. The highest BCUT2D eigenvalue weighted by Gasteiger charge is 2.15. The maximum Gasteiger partial charge on any atom is 0.123 e. The number of rotatable bonds is 3. The van der Waals surface area contributed by atoms with Gasteiger partial charge in [-0.15, -0.1) is 6.08 Å². The van der Waals surface area contributed by atoms with E-state index < -0.39 is 0 Å². The van der Waals surface area contributed by atoms with E-state index >= 15 is 0 Å². The van der Waals surface area contributed by atoms with Gasteiger partial charge in [0.05, 0.1) is 32.9 Å². The van der Waals surface area contributed by atoms with E-state index in [1.54, 1.807) is 23.1 Å². The summed E-state index contributed by atoms with van der Waals surface area (Å²) < 4.78 is 0. The second kappa shape index (κ2) is 6.22. The first-order valence-electron chi connectivity index (χ1n) is 6.19. The lowest BCUT2D eigenvalue weighted by molar-refractivity contribution is 1.63. The normalized spacial score (nSPS) is 17.4. The number of hydrogen-bond donors (Lipinski definition) is 0. The number of hydrogen-bond acceptors (Lipinski definition) is 2. The van der Waals surface area contributed by atoms with E-state index in [2.05, 4.69) is 41.8 Å². The molecule has 20 heavy (non-hydrogen) atoms. The quantitative estimate of drug-likeness (QED) is 0.384. The third kappa shape index (κ3) is 2.88. The lowest BCUT2D eigenvalue weighted by Crippen LogP contribution is -1.81. The molecule has 3 rings (SSSR count). The van der Waals surface area contributed by atoms with Crippen LogP contribution in [-0.2, 0) is 12.6 Å². The van der Waals surface area contributed by atoms with Crippen molar-refractivity contribution in [2.24, 2.45) is 0 Å². The summed E-state index contributed by atoms with van der Waals surface area (Å²) in [7, 11) is 0. The Hall–Kier alpha value is -0.940. The molecule has 102 valence electrons. The fourth-order valence-corrected chi connectivity index (χ4v) is 5.04. The molecule has 0 N–H and O–H groups in total. The van der Waals surface area contributed by atoms with Crippen LogP contribution in [0.5, 0.6) is 0 Å². The zero-order valence-electron chi connectivity index (χ0n) is 10.8. The van der Waals surface area contributed by atoms with Crippen LogP contribution < -0.4 is 0 Å². The van der Waals surface area contributed by atoms with E-state index in [9.17, 15) is 0 Å². The molecule has 0 radical (unpaired) electrons. The van der Waals surface area contributed by atoms with Crippen molar-refractivity contribution in [3.8, 4) is 9.75 Å². The van der Waals surface area contributed by atoms with Crippen LogP contribution in [0.2, 0.25) is 0 Å². The second-order valence-corrected chi connectivity index (χ2v) is 7.72. The minimum atomic E-state index is 0.916. The third-order valence-electron chi connectivity index (χ3n) is 2.78. The molecular formula is C16H12S4-2. The summed E-state index contributed by atoms with van der Waals surface area (Å²) in [5.41, 5.74) is 0. The van der Waals surface area contributed by atoms with Crippen LogP contribution in [0.4, 0.5) is 0 Å². The van der Waals surface area contributed by atoms with Gasteiger partial charge >= 0.3 is 0 Å². The number of thioether (sulfide) groups is 1. The second-order valence-electron chi connectivity index (χ2n) is 4.17. The molecule has 2 aromatic heterocycles. The molecular weight excluding hydrogens is 320 g/mol. The first kappa shape index (κ1) is 14.0. The Labute approximate surface area is 137 Å². The molecule has 1 aliphatic rings. The molecule has 0 unspecified atom stereocenters.